The second kappa shape index (κ2) is 10.7. The van der Waals surface area contributed by atoms with E-state index >= 15 is 0 Å². The largest absolute Gasteiger partial charge is 0.391 e. The SMILES string of the molecule is O=C(NCC(=O)N1CCC(O)C1)c1ccc(S(=O)(=O)Nc2ccccc2C(=O)c2ccccc2)cc1. The van der Waals surface area contributed by atoms with Crippen LogP contribution in [-0.4, -0.2) is 61.8 Å². The van der Waals surface area contributed by atoms with E-state index in [-0.39, 0.29) is 46.5 Å². The molecule has 0 bridgehead atoms. The van der Waals surface area contributed by atoms with Crippen LogP contribution in [0.4, 0.5) is 5.69 Å². The molecule has 0 saturated carbocycles. The molecule has 0 spiro atoms. The molecule has 2 amide bonds. The van der Waals surface area contributed by atoms with Crippen molar-refractivity contribution in [1.29, 1.82) is 0 Å². The fraction of sp³-hybridized carbons (Fsp3) is 0.192. The van der Waals surface area contributed by atoms with Crippen LogP contribution in [0.15, 0.2) is 83.8 Å². The Balaban J connectivity index is 1.43. The first-order valence-corrected chi connectivity index (χ1v) is 12.8. The fourth-order valence-electron chi connectivity index (χ4n) is 3.84. The van der Waals surface area contributed by atoms with E-state index in [9.17, 15) is 27.9 Å². The lowest BCUT2D eigenvalue weighted by Gasteiger charge is -2.16. The quantitative estimate of drug-likeness (QED) is 0.400. The third-order valence-electron chi connectivity index (χ3n) is 5.80. The highest BCUT2D eigenvalue weighted by Gasteiger charge is 2.25. The second-order valence-electron chi connectivity index (χ2n) is 8.34. The standard InChI is InChI=1S/C26H25N3O6S/c30-20-14-15-29(17-20)24(31)16-27-26(33)19-10-12-21(13-11-19)36(34,35)28-23-9-5-4-8-22(23)25(32)18-6-2-1-3-7-18/h1-13,20,28,30H,14-17H2,(H,27,33). The van der Waals surface area contributed by atoms with Crippen LogP contribution in [0.2, 0.25) is 0 Å². The van der Waals surface area contributed by atoms with Gasteiger partial charge in [0.25, 0.3) is 15.9 Å². The maximum atomic E-state index is 13.0. The number of hydrogen-bond acceptors (Lipinski definition) is 6. The number of carbonyl (C=O) groups excluding carboxylic acids is 3. The molecule has 1 atom stereocenters. The molecule has 1 aliphatic rings. The van der Waals surface area contributed by atoms with Crippen LogP contribution < -0.4 is 10.0 Å². The number of carbonyl (C=O) groups is 3. The predicted octanol–water partition coefficient (Wildman–Crippen LogP) is 2.04. The average molecular weight is 508 g/mol. The van der Waals surface area contributed by atoms with Gasteiger partial charge in [-0.2, -0.15) is 0 Å². The Labute approximate surface area is 208 Å². The number of sulfonamides is 1. The molecule has 36 heavy (non-hydrogen) atoms. The van der Waals surface area contributed by atoms with Crippen molar-refractivity contribution in [1.82, 2.24) is 10.2 Å². The van der Waals surface area contributed by atoms with Crippen molar-refractivity contribution in [3.63, 3.8) is 0 Å². The molecule has 3 aromatic carbocycles. The molecule has 0 aliphatic carbocycles. The third-order valence-corrected chi connectivity index (χ3v) is 7.18. The van der Waals surface area contributed by atoms with Crippen molar-refractivity contribution in [3.05, 3.63) is 95.6 Å². The number of β-amino-alcohol motifs (C(OH)–C–C–N with tert-alkyl or cyclic N) is 1. The number of hydrogen-bond donors (Lipinski definition) is 3. The molecule has 10 heteroatoms. The van der Waals surface area contributed by atoms with E-state index in [1.165, 1.54) is 35.2 Å². The molecule has 0 radical (unpaired) electrons. The average Bonchev–Trinajstić information content (AvgIpc) is 3.33. The first-order chi connectivity index (χ1) is 17.2. The van der Waals surface area contributed by atoms with E-state index in [1.807, 2.05) is 0 Å². The maximum Gasteiger partial charge on any atom is 0.261 e. The molecule has 1 saturated heterocycles. The monoisotopic (exact) mass is 507 g/mol. The molecule has 1 fully saturated rings. The summed E-state index contributed by atoms with van der Waals surface area (Å²) in [5, 5.41) is 12.0. The molecular weight excluding hydrogens is 482 g/mol. The molecule has 9 nitrogen and oxygen atoms in total. The molecule has 186 valence electrons. The summed E-state index contributed by atoms with van der Waals surface area (Å²) in [5.74, 6) is -1.15. The summed E-state index contributed by atoms with van der Waals surface area (Å²) in [7, 11) is -4.05. The van der Waals surface area contributed by atoms with Gasteiger partial charge in [0.05, 0.1) is 23.2 Å². The highest BCUT2D eigenvalue weighted by molar-refractivity contribution is 7.92. The maximum absolute atomic E-state index is 13.0. The molecule has 3 N–H and O–H groups in total. The van der Waals surface area contributed by atoms with Crippen LogP contribution in [-0.2, 0) is 14.8 Å². The Morgan fingerprint density at radius 2 is 1.56 bits per heavy atom. The van der Waals surface area contributed by atoms with E-state index in [0.29, 0.717) is 18.5 Å². The van der Waals surface area contributed by atoms with Gasteiger partial charge in [-0.15, -0.1) is 0 Å². The van der Waals surface area contributed by atoms with Crippen molar-refractivity contribution < 1.29 is 27.9 Å². The highest BCUT2D eigenvalue weighted by atomic mass is 32.2. The molecule has 4 rings (SSSR count). The Bertz CT molecular complexity index is 1370. The Hall–Kier alpha value is -4.02. The van der Waals surface area contributed by atoms with Gasteiger partial charge in [0, 0.05) is 29.8 Å². The lowest BCUT2D eigenvalue weighted by atomic mass is 10.0. The first kappa shape index (κ1) is 25.1. The summed E-state index contributed by atoms with van der Waals surface area (Å²) in [6, 6.07) is 20.1. The minimum atomic E-state index is -4.05. The number of nitrogens with zero attached hydrogens (tertiary/aromatic N) is 1. The zero-order valence-corrected chi connectivity index (χ0v) is 20.1. The van der Waals surface area contributed by atoms with Crippen LogP contribution >= 0.6 is 0 Å². The lowest BCUT2D eigenvalue weighted by molar-refractivity contribution is -0.129. The zero-order valence-electron chi connectivity index (χ0n) is 19.3. The number of aliphatic hydroxyl groups excluding tert-OH is 1. The Kier molecular flexibility index (Phi) is 7.47. The molecule has 1 heterocycles. The molecule has 0 aromatic heterocycles. The van der Waals surface area contributed by atoms with Gasteiger partial charge in [-0.3, -0.25) is 19.1 Å². The van der Waals surface area contributed by atoms with Crippen molar-refractivity contribution in [3.8, 4) is 0 Å². The number of aliphatic hydroxyl groups is 1. The number of likely N-dealkylation sites (tertiary alicyclic amines) is 1. The van der Waals surface area contributed by atoms with Crippen LogP contribution in [0.3, 0.4) is 0 Å². The van der Waals surface area contributed by atoms with Gasteiger partial charge in [0.2, 0.25) is 5.91 Å². The second-order valence-corrected chi connectivity index (χ2v) is 10.0. The number of anilines is 1. The van der Waals surface area contributed by atoms with Crippen molar-refractivity contribution >= 4 is 33.3 Å². The highest BCUT2D eigenvalue weighted by Crippen LogP contribution is 2.23. The zero-order chi connectivity index (χ0) is 25.7. The van der Waals surface area contributed by atoms with Gasteiger partial charge in [-0.1, -0.05) is 42.5 Å². The number of ketones is 1. The van der Waals surface area contributed by atoms with Gasteiger partial charge in [-0.05, 0) is 42.8 Å². The summed E-state index contributed by atoms with van der Waals surface area (Å²) >= 11 is 0. The summed E-state index contributed by atoms with van der Waals surface area (Å²) in [6.07, 6.45) is -0.0367. The molecule has 1 unspecified atom stereocenters. The summed E-state index contributed by atoms with van der Waals surface area (Å²) in [6.45, 7) is 0.462. The first-order valence-electron chi connectivity index (χ1n) is 11.3. The number of nitrogens with one attached hydrogen (secondary N) is 2. The van der Waals surface area contributed by atoms with Crippen LogP contribution in [0.25, 0.3) is 0 Å². The normalized spacial score (nSPS) is 15.4. The van der Waals surface area contributed by atoms with E-state index in [1.54, 1.807) is 48.5 Å². The van der Waals surface area contributed by atoms with Crippen molar-refractivity contribution in [2.45, 2.75) is 17.4 Å². The lowest BCUT2D eigenvalue weighted by Crippen LogP contribution is -2.39. The van der Waals surface area contributed by atoms with E-state index in [4.69, 9.17) is 0 Å². The van der Waals surface area contributed by atoms with Crippen LogP contribution in [0.5, 0.6) is 0 Å². The van der Waals surface area contributed by atoms with Crippen LogP contribution in [0, 0.1) is 0 Å². The number of benzene rings is 3. The smallest absolute Gasteiger partial charge is 0.261 e. The topological polar surface area (TPSA) is 133 Å². The summed E-state index contributed by atoms with van der Waals surface area (Å²) in [5.41, 5.74) is 0.957. The van der Waals surface area contributed by atoms with Crippen molar-refractivity contribution in [2.75, 3.05) is 24.4 Å². The number of rotatable bonds is 8. The van der Waals surface area contributed by atoms with Gasteiger partial charge < -0.3 is 15.3 Å². The van der Waals surface area contributed by atoms with Gasteiger partial charge in [-0.25, -0.2) is 8.42 Å². The number of amides is 2. The Morgan fingerprint density at radius 1 is 0.889 bits per heavy atom. The predicted molar refractivity (Wildman–Crippen MR) is 133 cm³/mol. The molecule has 3 aromatic rings. The number of para-hydroxylation sites is 1. The van der Waals surface area contributed by atoms with E-state index in [0.717, 1.165) is 0 Å². The third kappa shape index (κ3) is 5.78. The van der Waals surface area contributed by atoms with E-state index < -0.39 is 22.0 Å². The minimum Gasteiger partial charge on any atom is -0.391 e. The summed E-state index contributed by atoms with van der Waals surface area (Å²) in [4.78, 5) is 38.8. The summed E-state index contributed by atoms with van der Waals surface area (Å²) < 4.78 is 28.4. The van der Waals surface area contributed by atoms with E-state index in [2.05, 4.69) is 10.0 Å². The minimum absolute atomic E-state index is 0.0943. The molecular formula is C26H25N3O6S. The van der Waals surface area contributed by atoms with Crippen molar-refractivity contribution in [2.24, 2.45) is 0 Å². The Morgan fingerprint density at radius 3 is 2.22 bits per heavy atom. The van der Waals surface area contributed by atoms with Gasteiger partial charge in [0.1, 0.15) is 0 Å². The molecule has 1 aliphatic heterocycles. The van der Waals surface area contributed by atoms with Gasteiger partial charge in [0.15, 0.2) is 5.78 Å². The van der Waals surface area contributed by atoms with Gasteiger partial charge >= 0.3 is 0 Å². The fourth-order valence-corrected chi connectivity index (χ4v) is 4.92. The van der Waals surface area contributed by atoms with Crippen LogP contribution in [0.1, 0.15) is 32.7 Å².